The standard InChI is InChI=1S/C20H22N6OS/c1-15-23-18(14-28-15)16-4-2-5-17(12-16)24-19(27)13-25-8-10-26(11-9-25)20-21-6-3-7-22-20/h2-7,12,14H,8-11,13H2,1H3,(H,24,27). The molecule has 0 atom stereocenters. The van der Waals surface area contributed by atoms with Crippen molar-refractivity contribution in [2.45, 2.75) is 6.92 Å². The van der Waals surface area contributed by atoms with Crippen LogP contribution in [0.2, 0.25) is 0 Å². The van der Waals surface area contributed by atoms with Gasteiger partial charge in [0.05, 0.1) is 17.2 Å². The summed E-state index contributed by atoms with van der Waals surface area (Å²) in [6, 6.07) is 9.64. The third kappa shape index (κ3) is 4.52. The van der Waals surface area contributed by atoms with Gasteiger partial charge in [0.25, 0.3) is 0 Å². The van der Waals surface area contributed by atoms with Gasteiger partial charge in [-0.05, 0) is 25.1 Å². The van der Waals surface area contributed by atoms with Crippen molar-refractivity contribution in [2.24, 2.45) is 0 Å². The van der Waals surface area contributed by atoms with E-state index >= 15 is 0 Å². The van der Waals surface area contributed by atoms with E-state index in [4.69, 9.17) is 0 Å². The molecule has 0 saturated carbocycles. The molecule has 1 aromatic carbocycles. The van der Waals surface area contributed by atoms with Crippen LogP contribution in [0.4, 0.5) is 11.6 Å². The van der Waals surface area contributed by atoms with Crippen molar-refractivity contribution < 1.29 is 4.79 Å². The van der Waals surface area contributed by atoms with Crippen LogP contribution in [0.15, 0.2) is 48.1 Å². The molecule has 144 valence electrons. The topological polar surface area (TPSA) is 74.2 Å². The predicted molar refractivity (Wildman–Crippen MR) is 112 cm³/mol. The van der Waals surface area contributed by atoms with Gasteiger partial charge in [-0.25, -0.2) is 15.0 Å². The Bertz CT molecular complexity index is 937. The number of piperazine rings is 1. The number of nitrogens with zero attached hydrogens (tertiary/aromatic N) is 5. The average Bonchev–Trinajstić information content (AvgIpc) is 3.16. The molecule has 4 rings (SSSR count). The normalized spacial score (nSPS) is 14.8. The van der Waals surface area contributed by atoms with Gasteiger partial charge in [0.2, 0.25) is 11.9 Å². The maximum Gasteiger partial charge on any atom is 0.238 e. The number of amides is 1. The highest BCUT2D eigenvalue weighted by atomic mass is 32.1. The molecule has 8 heteroatoms. The predicted octanol–water partition coefficient (Wildman–Crippen LogP) is 2.67. The van der Waals surface area contributed by atoms with Crippen LogP contribution in [0.1, 0.15) is 5.01 Å². The van der Waals surface area contributed by atoms with E-state index in [2.05, 4.69) is 30.1 Å². The average molecular weight is 395 g/mol. The second kappa shape index (κ2) is 8.45. The maximum absolute atomic E-state index is 12.5. The Morgan fingerprint density at radius 2 is 1.93 bits per heavy atom. The number of benzene rings is 1. The molecule has 1 amide bonds. The van der Waals surface area contributed by atoms with Gasteiger partial charge in [-0.1, -0.05) is 12.1 Å². The Labute approximate surface area is 168 Å². The van der Waals surface area contributed by atoms with E-state index in [1.165, 1.54) is 0 Å². The van der Waals surface area contributed by atoms with Crippen molar-refractivity contribution >= 4 is 28.9 Å². The molecule has 3 heterocycles. The van der Waals surface area contributed by atoms with Crippen molar-refractivity contribution in [3.05, 3.63) is 53.1 Å². The van der Waals surface area contributed by atoms with Crippen molar-refractivity contribution in [1.29, 1.82) is 0 Å². The molecule has 28 heavy (non-hydrogen) atoms. The lowest BCUT2D eigenvalue weighted by atomic mass is 10.1. The second-order valence-corrected chi connectivity index (χ2v) is 7.75. The van der Waals surface area contributed by atoms with Gasteiger partial charge in [0, 0.05) is 55.2 Å². The summed E-state index contributed by atoms with van der Waals surface area (Å²) in [5.41, 5.74) is 2.75. The van der Waals surface area contributed by atoms with E-state index in [0.717, 1.165) is 54.1 Å². The van der Waals surface area contributed by atoms with Gasteiger partial charge in [-0.2, -0.15) is 0 Å². The van der Waals surface area contributed by atoms with Crippen LogP contribution < -0.4 is 10.2 Å². The fourth-order valence-corrected chi connectivity index (χ4v) is 3.84. The molecule has 0 aliphatic carbocycles. The van der Waals surface area contributed by atoms with E-state index in [0.29, 0.717) is 6.54 Å². The molecule has 1 aliphatic rings. The molecule has 7 nitrogen and oxygen atoms in total. The van der Waals surface area contributed by atoms with Gasteiger partial charge in [0.1, 0.15) is 0 Å². The molecule has 3 aromatic rings. The summed E-state index contributed by atoms with van der Waals surface area (Å²) in [5, 5.41) is 6.07. The summed E-state index contributed by atoms with van der Waals surface area (Å²) in [5.74, 6) is 0.747. The maximum atomic E-state index is 12.5. The summed E-state index contributed by atoms with van der Waals surface area (Å²) in [7, 11) is 0. The van der Waals surface area contributed by atoms with Crippen molar-refractivity contribution in [3.63, 3.8) is 0 Å². The van der Waals surface area contributed by atoms with Crippen LogP contribution in [0.5, 0.6) is 0 Å². The highest BCUT2D eigenvalue weighted by Crippen LogP contribution is 2.24. The fourth-order valence-electron chi connectivity index (χ4n) is 3.22. The van der Waals surface area contributed by atoms with Gasteiger partial charge in [0.15, 0.2) is 0 Å². The number of thiazole rings is 1. The third-order valence-electron chi connectivity index (χ3n) is 4.64. The Kier molecular flexibility index (Phi) is 5.59. The molecule has 0 spiro atoms. The number of hydrogen-bond donors (Lipinski definition) is 1. The number of carbonyl (C=O) groups excluding carboxylic acids is 1. The summed E-state index contributed by atoms with van der Waals surface area (Å²) >= 11 is 1.62. The first-order valence-corrected chi connectivity index (χ1v) is 10.1. The van der Waals surface area contributed by atoms with E-state index in [-0.39, 0.29) is 5.91 Å². The van der Waals surface area contributed by atoms with Gasteiger partial charge < -0.3 is 10.2 Å². The Morgan fingerprint density at radius 3 is 2.64 bits per heavy atom. The molecule has 1 fully saturated rings. The van der Waals surface area contributed by atoms with Crippen LogP contribution in [0.3, 0.4) is 0 Å². The number of rotatable bonds is 5. The minimum atomic E-state index is -0.00369. The summed E-state index contributed by atoms with van der Waals surface area (Å²) in [6.07, 6.45) is 3.51. The number of nitrogens with one attached hydrogen (secondary N) is 1. The Hall–Kier alpha value is -2.84. The third-order valence-corrected chi connectivity index (χ3v) is 5.41. The molecule has 0 bridgehead atoms. The van der Waals surface area contributed by atoms with Gasteiger partial charge in [-0.15, -0.1) is 11.3 Å². The smallest absolute Gasteiger partial charge is 0.238 e. The quantitative estimate of drug-likeness (QED) is 0.717. The summed E-state index contributed by atoms with van der Waals surface area (Å²) in [6.45, 7) is 5.62. The minimum absolute atomic E-state index is 0.00369. The van der Waals surface area contributed by atoms with E-state index < -0.39 is 0 Å². The zero-order valence-electron chi connectivity index (χ0n) is 15.7. The van der Waals surface area contributed by atoms with Crippen LogP contribution in [-0.2, 0) is 4.79 Å². The highest BCUT2D eigenvalue weighted by Gasteiger charge is 2.20. The van der Waals surface area contributed by atoms with Gasteiger partial charge >= 0.3 is 0 Å². The van der Waals surface area contributed by atoms with E-state index in [1.54, 1.807) is 23.7 Å². The number of aryl methyl sites for hydroxylation is 1. The van der Waals surface area contributed by atoms with E-state index in [1.807, 2.05) is 42.6 Å². The molecule has 2 aromatic heterocycles. The molecular formula is C20H22N6OS. The van der Waals surface area contributed by atoms with Gasteiger partial charge in [-0.3, -0.25) is 9.69 Å². The first-order valence-electron chi connectivity index (χ1n) is 9.24. The number of anilines is 2. The first kappa shape index (κ1) is 18.5. The van der Waals surface area contributed by atoms with Crippen molar-refractivity contribution in [2.75, 3.05) is 42.9 Å². The lowest BCUT2D eigenvalue weighted by molar-refractivity contribution is -0.117. The Morgan fingerprint density at radius 1 is 1.14 bits per heavy atom. The minimum Gasteiger partial charge on any atom is -0.338 e. The summed E-state index contributed by atoms with van der Waals surface area (Å²) < 4.78 is 0. The van der Waals surface area contributed by atoms with Crippen molar-refractivity contribution in [1.82, 2.24) is 19.9 Å². The largest absolute Gasteiger partial charge is 0.338 e. The van der Waals surface area contributed by atoms with Crippen LogP contribution in [0.25, 0.3) is 11.3 Å². The monoisotopic (exact) mass is 394 g/mol. The first-order chi connectivity index (χ1) is 13.7. The van der Waals surface area contributed by atoms with Crippen LogP contribution in [0, 0.1) is 6.92 Å². The molecular weight excluding hydrogens is 372 g/mol. The molecule has 1 aliphatic heterocycles. The zero-order valence-corrected chi connectivity index (χ0v) is 16.5. The highest BCUT2D eigenvalue weighted by molar-refractivity contribution is 7.09. The summed E-state index contributed by atoms with van der Waals surface area (Å²) in [4.78, 5) is 29.9. The molecule has 1 N–H and O–H groups in total. The zero-order chi connectivity index (χ0) is 19.3. The SMILES string of the molecule is Cc1nc(-c2cccc(NC(=O)CN3CCN(c4ncccn4)CC3)c2)cs1. The number of hydrogen-bond acceptors (Lipinski definition) is 7. The Balaban J connectivity index is 1.30. The lowest BCUT2D eigenvalue weighted by Gasteiger charge is -2.34. The van der Waals surface area contributed by atoms with Crippen LogP contribution in [-0.4, -0.2) is 58.5 Å². The fraction of sp³-hybridized carbons (Fsp3) is 0.300. The van der Waals surface area contributed by atoms with Crippen LogP contribution >= 0.6 is 11.3 Å². The molecule has 1 saturated heterocycles. The molecule has 0 unspecified atom stereocenters. The van der Waals surface area contributed by atoms with Crippen molar-refractivity contribution in [3.8, 4) is 11.3 Å². The number of aromatic nitrogens is 3. The number of carbonyl (C=O) groups is 1. The van der Waals surface area contributed by atoms with E-state index in [9.17, 15) is 4.79 Å². The second-order valence-electron chi connectivity index (χ2n) is 6.69. The molecule has 0 radical (unpaired) electrons. The lowest BCUT2D eigenvalue weighted by Crippen LogP contribution is -2.49.